The second-order valence-corrected chi connectivity index (χ2v) is 4.67. The van der Waals surface area contributed by atoms with Crippen LogP contribution in [0.1, 0.15) is 24.9 Å². The third-order valence-corrected chi connectivity index (χ3v) is 3.13. The van der Waals surface area contributed by atoms with Crippen molar-refractivity contribution in [2.24, 2.45) is 0 Å². The Morgan fingerprint density at radius 2 is 2.33 bits per heavy atom. The summed E-state index contributed by atoms with van der Waals surface area (Å²) in [6.07, 6.45) is 0.643. The number of aliphatic carboxylic acids is 1. The molecule has 18 heavy (non-hydrogen) atoms. The monoisotopic (exact) mass is 253 g/mol. The van der Waals surface area contributed by atoms with Gasteiger partial charge < -0.3 is 9.84 Å². The Kier molecular flexibility index (Phi) is 3.52. The fourth-order valence-corrected chi connectivity index (χ4v) is 2.33. The van der Waals surface area contributed by atoms with Gasteiger partial charge in [0.15, 0.2) is 0 Å². The van der Waals surface area contributed by atoms with Crippen molar-refractivity contribution in [1.29, 1.82) is 0 Å². The molecule has 0 saturated carbocycles. The van der Waals surface area contributed by atoms with E-state index in [0.717, 1.165) is 5.56 Å². The van der Waals surface area contributed by atoms with Crippen LogP contribution in [0.25, 0.3) is 0 Å². The summed E-state index contributed by atoms with van der Waals surface area (Å²) in [7, 11) is 1.73. The van der Waals surface area contributed by atoms with E-state index >= 15 is 0 Å². The van der Waals surface area contributed by atoms with Crippen molar-refractivity contribution < 1.29 is 19.0 Å². The van der Waals surface area contributed by atoms with E-state index in [-0.39, 0.29) is 24.5 Å². The predicted molar refractivity (Wildman–Crippen MR) is 64.1 cm³/mol. The number of hydrogen-bond donors (Lipinski definition) is 1. The highest BCUT2D eigenvalue weighted by Gasteiger charge is 2.29. The second-order valence-electron chi connectivity index (χ2n) is 4.67. The summed E-state index contributed by atoms with van der Waals surface area (Å²) in [6.45, 7) is 1.85. The number of carboxylic acid groups (broad SMARTS) is 1. The standard InChI is InChI=1S/C13H16FNO3/c1-8-5-11(15(2)7-13(16)17)10-6-9(14)3-4-12(10)18-8/h3-4,6,8,11H,5,7H2,1-2H3,(H,16,17)/t8-,11-/m0/s1. The van der Waals surface area contributed by atoms with E-state index in [1.165, 1.54) is 12.1 Å². The molecule has 1 aliphatic rings. The van der Waals surface area contributed by atoms with E-state index in [1.807, 2.05) is 6.92 Å². The number of carboxylic acids is 1. The number of fused-ring (bicyclic) bond motifs is 1. The summed E-state index contributed by atoms with van der Waals surface area (Å²) in [4.78, 5) is 12.5. The first-order chi connectivity index (χ1) is 8.47. The third kappa shape index (κ3) is 2.61. The average Bonchev–Trinajstić information content (AvgIpc) is 2.27. The summed E-state index contributed by atoms with van der Waals surface area (Å²) in [5.74, 6) is -0.590. The molecule has 0 aliphatic carbocycles. The van der Waals surface area contributed by atoms with Crippen LogP contribution in [0.3, 0.4) is 0 Å². The highest BCUT2D eigenvalue weighted by atomic mass is 19.1. The fourth-order valence-electron chi connectivity index (χ4n) is 2.33. The van der Waals surface area contributed by atoms with Crippen molar-refractivity contribution in [2.75, 3.05) is 13.6 Å². The number of carbonyl (C=O) groups is 1. The quantitative estimate of drug-likeness (QED) is 0.895. The summed E-state index contributed by atoms with van der Waals surface area (Å²) in [5, 5.41) is 8.84. The zero-order valence-electron chi connectivity index (χ0n) is 10.4. The first-order valence-corrected chi connectivity index (χ1v) is 5.85. The van der Waals surface area contributed by atoms with Gasteiger partial charge in [-0.2, -0.15) is 0 Å². The number of ether oxygens (including phenoxy) is 1. The zero-order chi connectivity index (χ0) is 13.3. The fraction of sp³-hybridized carbons (Fsp3) is 0.462. The van der Waals surface area contributed by atoms with Crippen molar-refractivity contribution >= 4 is 5.97 Å². The van der Waals surface area contributed by atoms with E-state index in [1.54, 1.807) is 18.0 Å². The first-order valence-electron chi connectivity index (χ1n) is 5.85. The van der Waals surface area contributed by atoms with Crippen LogP contribution in [-0.4, -0.2) is 35.7 Å². The van der Waals surface area contributed by atoms with Gasteiger partial charge in [-0.05, 0) is 32.2 Å². The predicted octanol–water partition coefficient (Wildman–Crippen LogP) is 2.05. The van der Waals surface area contributed by atoms with Gasteiger partial charge in [0.2, 0.25) is 0 Å². The largest absolute Gasteiger partial charge is 0.490 e. The maximum atomic E-state index is 13.3. The molecule has 4 nitrogen and oxygen atoms in total. The zero-order valence-corrected chi connectivity index (χ0v) is 10.4. The molecular formula is C13H16FNO3. The summed E-state index contributed by atoms with van der Waals surface area (Å²) < 4.78 is 18.9. The van der Waals surface area contributed by atoms with Crippen LogP contribution in [-0.2, 0) is 4.79 Å². The number of nitrogens with zero attached hydrogens (tertiary/aromatic N) is 1. The molecule has 1 aromatic rings. The van der Waals surface area contributed by atoms with E-state index in [2.05, 4.69) is 0 Å². The molecular weight excluding hydrogens is 237 g/mol. The number of halogens is 1. The molecule has 1 aromatic carbocycles. The van der Waals surface area contributed by atoms with Gasteiger partial charge in [-0.3, -0.25) is 9.69 Å². The molecule has 98 valence electrons. The molecule has 0 spiro atoms. The van der Waals surface area contributed by atoms with Gasteiger partial charge in [-0.15, -0.1) is 0 Å². The molecule has 1 heterocycles. The number of benzene rings is 1. The summed E-state index contributed by atoms with van der Waals surface area (Å²) in [5.41, 5.74) is 0.719. The Morgan fingerprint density at radius 3 is 3.00 bits per heavy atom. The van der Waals surface area contributed by atoms with Crippen LogP contribution < -0.4 is 4.74 Å². The second kappa shape index (κ2) is 4.94. The van der Waals surface area contributed by atoms with Gasteiger partial charge in [-0.1, -0.05) is 0 Å². The van der Waals surface area contributed by atoms with Gasteiger partial charge in [-0.25, -0.2) is 4.39 Å². The summed E-state index contributed by atoms with van der Waals surface area (Å²) >= 11 is 0. The Bertz CT molecular complexity index is 464. The third-order valence-electron chi connectivity index (χ3n) is 3.13. The molecule has 0 aromatic heterocycles. The lowest BCUT2D eigenvalue weighted by atomic mass is 9.95. The molecule has 2 atom stereocenters. The van der Waals surface area contributed by atoms with Crippen molar-refractivity contribution in [3.05, 3.63) is 29.6 Å². The van der Waals surface area contributed by atoms with Gasteiger partial charge in [0.05, 0.1) is 12.6 Å². The van der Waals surface area contributed by atoms with Crippen LogP contribution in [0.5, 0.6) is 5.75 Å². The van der Waals surface area contributed by atoms with Crippen molar-refractivity contribution in [1.82, 2.24) is 4.90 Å². The minimum atomic E-state index is -0.894. The van der Waals surface area contributed by atoms with E-state index < -0.39 is 5.97 Å². The molecule has 0 unspecified atom stereocenters. The minimum Gasteiger partial charge on any atom is -0.490 e. The number of hydrogen-bond acceptors (Lipinski definition) is 3. The number of likely N-dealkylation sites (N-methyl/N-ethyl adjacent to an activating group) is 1. The van der Waals surface area contributed by atoms with Gasteiger partial charge in [0, 0.05) is 18.0 Å². The Hall–Kier alpha value is -1.62. The molecule has 0 amide bonds. The molecule has 0 saturated heterocycles. The van der Waals surface area contributed by atoms with Crippen LogP contribution >= 0.6 is 0 Å². The molecule has 5 heteroatoms. The smallest absolute Gasteiger partial charge is 0.317 e. The lowest BCUT2D eigenvalue weighted by Crippen LogP contribution is -2.36. The maximum Gasteiger partial charge on any atom is 0.317 e. The van der Waals surface area contributed by atoms with E-state index in [0.29, 0.717) is 12.2 Å². The van der Waals surface area contributed by atoms with Crippen molar-refractivity contribution in [2.45, 2.75) is 25.5 Å². The molecule has 2 rings (SSSR count). The lowest BCUT2D eigenvalue weighted by molar-refractivity contribution is -0.138. The van der Waals surface area contributed by atoms with Gasteiger partial charge in [0.25, 0.3) is 0 Å². The Morgan fingerprint density at radius 1 is 1.61 bits per heavy atom. The highest BCUT2D eigenvalue weighted by Crippen LogP contribution is 2.38. The van der Waals surface area contributed by atoms with Crippen molar-refractivity contribution in [3.63, 3.8) is 0 Å². The lowest BCUT2D eigenvalue weighted by Gasteiger charge is -2.35. The van der Waals surface area contributed by atoms with Gasteiger partial charge >= 0.3 is 5.97 Å². The molecule has 1 aliphatic heterocycles. The van der Waals surface area contributed by atoms with Gasteiger partial charge in [0.1, 0.15) is 11.6 Å². The first kappa shape index (κ1) is 12.8. The Labute approximate surface area is 105 Å². The van der Waals surface area contributed by atoms with Crippen LogP contribution in [0.4, 0.5) is 4.39 Å². The molecule has 0 fully saturated rings. The maximum absolute atomic E-state index is 13.3. The van der Waals surface area contributed by atoms with Crippen LogP contribution in [0.2, 0.25) is 0 Å². The molecule has 0 bridgehead atoms. The highest BCUT2D eigenvalue weighted by molar-refractivity contribution is 5.69. The SMILES string of the molecule is C[C@H]1C[C@H](N(C)CC(=O)O)c2cc(F)ccc2O1. The van der Waals surface area contributed by atoms with Crippen molar-refractivity contribution in [3.8, 4) is 5.75 Å². The van der Waals surface area contributed by atoms with Crippen LogP contribution in [0, 0.1) is 5.82 Å². The topological polar surface area (TPSA) is 49.8 Å². The van der Waals surface area contributed by atoms with E-state index in [9.17, 15) is 9.18 Å². The normalized spacial score (nSPS) is 22.4. The molecule has 1 N–H and O–H groups in total. The Balaban J connectivity index is 2.31. The number of rotatable bonds is 3. The minimum absolute atomic E-state index is 0.00999. The van der Waals surface area contributed by atoms with Crippen LogP contribution in [0.15, 0.2) is 18.2 Å². The average molecular weight is 253 g/mol. The molecule has 0 radical (unpaired) electrons. The van der Waals surface area contributed by atoms with E-state index in [4.69, 9.17) is 9.84 Å². The summed E-state index contributed by atoms with van der Waals surface area (Å²) in [6, 6.07) is 4.24.